The third-order valence-electron chi connectivity index (χ3n) is 4.67. The molecule has 1 amide bonds. The van der Waals surface area contributed by atoms with Gasteiger partial charge in [-0.05, 0) is 44.0 Å². The molecule has 0 spiro atoms. The van der Waals surface area contributed by atoms with Crippen LogP contribution in [0.3, 0.4) is 0 Å². The molecule has 2 aromatic heterocycles. The van der Waals surface area contributed by atoms with E-state index < -0.39 is 0 Å². The second kappa shape index (κ2) is 5.52. The molecule has 2 aromatic rings. The molecule has 116 valence electrons. The highest BCUT2D eigenvalue weighted by Gasteiger charge is 2.35. The Morgan fingerprint density at radius 1 is 1.41 bits per heavy atom. The maximum absolute atomic E-state index is 12.5. The SMILES string of the molecule is Cc1ncc(-c2ccc(C(=O)NC3CN4CCC3CC4)s2)o1. The molecule has 1 atom stereocenters. The summed E-state index contributed by atoms with van der Waals surface area (Å²) in [6.45, 7) is 5.18. The van der Waals surface area contributed by atoms with Gasteiger partial charge in [-0.25, -0.2) is 4.98 Å². The summed E-state index contributed by atoms with van der Waals surface area (Å²) < 4.78 is 5.51. The molecule has 5 nitrogen and oxygen atoms in total. The third-order valence-corrected chi connectivity index (χ3v) is 5.77. The Kier molecular flexibility index (Phi) is 3.50. The van der Waals surface area contributed by atoms with Gasteiger partial charge >= 0.3 is 0 Å². The summed E-state index contributed by atoms with van der Waals surface area (Å²) in [7, 11) is 0. The summed E-state index contributed by atoms with van der Waals surface area (Å²) in [5, 5.41) is 3.22. The first kappa shape index (κ1) is 14.0. The molecular weight excluding hydrogens is 298 g/mol. The van der Waals surface area contributed by atoms with E-state index in [1.54, 1.807) is 6.20 Å². The number of fused-ring (bicyclic) bond motifs is 3. The van der Waals surface area contributed by atoms with Crippen LogP contribution in [0.25, 0.3) is 10.6 Å². The summed E-state index contributed by atoms with van der Waals surface area (Å²) in [4.78, 5) is 20.7. The number of rotatable bonds is 3. The minimum Gasteiger partial charge on any atom is -0.440 e. The van der Waals surface area contributed by atoms with Gasteiger partial charge in [-0.2, -0.15) is 0 Å². The lowest BCUT2D eigenvalue weighted by atomic mass is 9.84. The first-order chi connectivity index (χ1) is 10.7. The molecule has 0 aliphatic carbocycles. The second-order valence-corrected chi connectivity index (χ2v) is 7.21. The Morgan fingerprint density at radius 3 is 2.86 bits per heavy atom. The number of oxazole rings is 1. The van der Waals surface area contributed by atoms with Crippen LogP contribution < -0.4 is 5.32 Å². The Balaban J connectivity index is 1.46. The number of aryl methyl sites for hydroxylation is 1. The van der Waals surface area contributed by atoms with Crippen LogP contribution in [0, 0.1) is 12.8 Å². The van der Waals surface area contributed by atoms with Crippen LogP contribution in [0.5, 0.6) is 0 Å². The summed E-state index contributed by atoms with van der Waals surface area (Å²) in [5.74, 6) is 2.04. The van der Waals surface area contributed by atoms with Crippen molar-refractivity contribution in [2.24, 2.45) is 5.92 Å². The van der Waals surface area contributed by atoms with E-state index in [-0.39, 0.29) is 5.91 Å². The van der Waals surface area contributed by atoms with Gasteiger partial charge in [0.1, 0.15) is 0 Å². The third kappa shape index (κ3) is 2.57. The highest BCUT2D eigenvalue weighted by atomic mass is 32.1. The predicted octanol–water partition coefficient (Wildman–Crippen LogP) is 2.54. The van der Waals surface area contributed by atoms with Crippen LogP contribution in [-0.4, -0.2) is 41.5 Å². The number of amides is 1. The van der Waals surface area contributed by atoms with Crippen LogP contribution in [0.15, 0.2) is 22.7 Å². The molecule has 3 aliphatic heterocycles. The Labute approximate surface area is 133 Å². The van der Waals surface area contributed by atoms with Gasteiger partial charge in [0.2, 0.25) is 0 Å². The van der Waals surface area contributed by atoms with E-state index in [4.69, 9.17) is 4.42 Å². The minimum absolute atomic E-state index is 0.0336. The Hall–Kier alpha value is -1.66. The zero-order chi connectivity index (χ0) is 15.1. The number of thiophene rings is 1. The molecule has 1 unspecified atom stereocenters. The normalized spacial score (nSPS) is 27.0. The number of carbonyl (C=O) groups excluding carboxylic acids is 1. The van der Waals surface area contributed by atoms with Crippen molar-refractivity contribution in [3.8, 4) is 10.6 Å². The van der Waals surface area contributed by atoms with Crippen LogP contribution in [0.4, 0.5) is 0 Å². The fourth-order valence-electron chi connectivity index (χ4n) is 3.44. The molecule has 1 N–H and O–H groups in total. The average Bonchev–Trinajstić information content (AvgIpc) is 3.17. The number of nitrogens with one attached hydrogen (secondary N) is 1. The van der Waals surface area contributed by atoms with Crippen molar-refractivity contribution in [3.05, 3.63) is 29.1 Å². The van der Waals surface area contributed by atoms with Crippen LogP contribution in [0.1, 0.15) is 28.4 Å². The van der Waals surface area contributed by atoms with E-state index >= 15 is 0 Å². The van der Waals surface area contributed by atoms with Gasteiger partial charge in [-0.1, -0.05) is 0 Å². The summed E-state index contributed by atoms with van der Waals surface area (Å²) in [6.07, 6.45) is 4.12. The van der Waals surface area contributed by atoms with E-state index in [1.165, 1.54) is 37.3 Å². The van der Waals surface area contributed by atoms with E-state index in [0.29, 0.717) is 17.9 Å². The van der Waals surface area contributed by atoms with Crippen molar-refractivity contribution in [1.82, 2.24) is 15.2 Å². The number of carbonyl (C=O) groups is 1. The largest absolute Gasteiger partial charge is 0.440 e. The van der Waals surface area contributed by atoms with Crippen molar-refractivity contribution < 1.29 is 9.21 Å². The van der Waals surface area contributed by atoms with Crippen LogP contribution in [-0.2, 0) is 0 Å². The Morgan fingerprint density at radius 2 is 2.23 bits per heavy atom. The molecule has 5 heterocycles. The molecule has 0 radical (unpaired) electrons. The topological polar surface area (TPSA) is 58.4 Å². The molecule has 6 heteroatoms. The van der Waals surface area contributed by atoms with Crippen LogP contribution in [0.2, 0.25) is 0 Å². The van der Waals surface area contributed by atoms with E-state index in [0.717, 1.165) is 22.1 Å². The van der Waals surface area contributed by atoms with Gasteiger partial charge in [-0.3, -0.25) is 4.79 Å². The highest BCUT2D eigenvalue weighted by molar-refractivity contribution is 7.17. The lowest BCUT2D eigenvalue weighted by Gasteiger charge is -2.44. The van der Waals surface area contributed by atoms with Crippen molar-refractivity contribution in [2.45, 2.75) is 25.8 Å². The molecule has 0 aromatic carbocycles. The van der Waals surface area contributed by atoms with Gasteiger partial charge < -0.3 is 14.6 Å². The summed E-state index contributed by atoms with van der Waals surface area (Å²) in [5.41, 5.74) is 0. The monoisotopic (exact) mass is 317 g/mol. The van der Waals surface area contributed by atoms with Crippen molar-refractivity contribution in [3.63, 3.8) is 0 Å². The van der Waals surface area contributed by atoms with Gasteiger partial charge in [0.05, 0.1) is 16.0 Å². The number of aromatic nitrogens is 1. The summed E-state index contributed by atoms with van der Waals surface area (Å²) in [6, 6.07) is 4.10. The average molecular weight is 317 g/mol. The van der Waals surface area contributed by atoms with Crippen molar-refractivity contribution in [2.75, 3.05) is 19.6 Å². The van der Waals surface area contributed by atoms with Gasteiger partial charge in [0.15, 0.2) is 11.7 Å². The number of hydrogen-bond acceptors (Lipinski definition) is 5. The molecule has 3 fully saturated rings. The lowest BCUT2D eigenvalue weighted by molar-refractivity contribution is 0.0622. The lowest BCUT2D eigenvalue weighted by Crippen LogP contribution is -2.57. The van der Waals surface area contributed by atoms with Crippen LogP contribution >= 0.6 is 11.3 Å². The van der Waals surface area contributed by atoms with Gasteiger partial charge in [0, 0.05) is 19.5 Å². The van der Waals surface area contributed by atoms with Gasteiger partial charge in [0.25, 0.3) is 5.91 Å². The first-order valence-electron chi connectivity index (χ1n) is 7.75. The standard InChI is InChI=1S/C16H19N3O2S/c1-10-17-8-13(21-10)14-2-3-15(22-14)16(20)18-12-9-19-6-4-11(12)5-7-19/h2-3,8,11-12H,4-7,9H2,1H3,(H,18,20). The smallest absolute Gasteiger partial charge is 0.261 e. The van der Waals surface area contributed by atoms with E-state index in [2.05, 4.69) is 15.2 Å². The van der Waals surface area contributed by atoms with Crippen molar-refractivity contribution in [1.29, 1.82) is 0 Å². The number of hydrogen-bond donors (Lipinski definition) is 1. The maximum Gasteiger partial charge on any atom is 0.261 e. The summed E-state index contributed by atoms with van der Waals surface area (Å²) >= 11 is 1.46. The maximum atomic E-state index is 12.5. The van der Waals surface area contributed by atoms with Crippen molar-refractivity contribution >= 4 is 17.2 Å². The first-order valence-corrected chi connectivity index (χ1v) is 8.56. The molecule has 5 rings (SSSR count). The second-order valence-electron chi connectivity index (χ2n) is 6.13. The fraction of sp³-hybridized carbons (Fsp3) is 0.500. The fourth-order valence-corrected chi connectivity index (χ4v) is 4.29. The zero-order valence-electron chi connectivity index (χ0n) is 12.5. The molecule has 22 heavy (non-hydrogen) atoms. The molecule has 3 saturated heterocycles. The minimum atomic E-state index is 0.0336. The molecule has 3 aliphatic rings. The van der Waals surface area contributed by atoms with E-state index in [1.807, 2.05) is 19.1 Å². The van der Waals surface area contributed by atoms with Gasteiger partial charge in [-0.15, -0.1) is 11.3 Å². The quantitative estimate of drug-likeness (QED) is 0.945. The highest BCUT2D eigenvalue weighted by Crippen LogP contribution is 2.30. The number of piperidine rings is 3. The Bertz CT molecular complexity index is 685. The molecular formula is C16H19N3O2S. The van der Waals surface area contributed by atoms with E-state index in [9.17, 15) is 4.79 Å². The molecule has 2 bridgehead atoms. The number of nitrogens with zero attached hydrogens (tertiary/aromatic N) is 2. The predicted molar refractivity (Wildman–Crippen MR) is 85.0 cm³/mol. The molecule has 0 saturated carbocycles. The zero-order valence-corrected chi connectivity index (χ0v) is 13.4.